The number of hydrogen-bond donors (Lipinski definition) is 1. The van der Waals surface area contributed by atoms with E-state index in [0.717, 1.165) is 24.8 Å². The first-order chi connectivity index (χ1) is 12.6. The van der Waals surface area contributed by atoms with Crippen molar-refractivity contribution in [2.45, 2.75) is 63.4 Å². The van der Waals surface area contributed by atoms with Gasteiger partial charge in [-0.25, -0.2) is 4.79 Å². The van der Waals surface area contributed by atoms with E-state index >= 15 is 0 Å². The topological polar surface area (TPSA) is 63.6 Å². The molecule has 2 rings (SSSR count). The summed E-state index contributed by atoms with van der Waals surface area (Å²) in [4.78, 5) is 23.8. The van der Waals surface area contributed by atoms with Gasteiger partial charge in [-0.1, -0.05) is 81.5 Å². The minimum atomic E-state index is -1.69. The van der Waals surface area contributed by atoms with Crippen molar-refractivity contribution in [3.05, 3.63) is 60.2 Å². The summed E-state index contributed by atoms with van der Waals surface area (Å²) in [5.74, 6) is -1.65. The molecule has 0 radical (unpaired) electrons. The number of carbonyl (C=O) groups excluding carboxylic acids is 1. The molecule has 0 saturated carbocycles. The predicted molar refractivity (Wildman–Crippen MR) is 102 cm³/mol. The van der Waals surface area contributed by atoms with Crippen LogP contribution in [0, 0.1) is 0 Å². The van der Waals surface area contributed by atoms with Crippen molar-refractivity contribution in [2.24, 2.45) is 0 Å². The molecule has 0 amide bonds. The summed E-state index contributed by atoms with van der Waals surface area (Å²) in [6.45, 7) is 2.16. The number of rotatable bonds is 10. The number of allylic oxidation sites excluding steroid dienone is 2. The number of carboxylic acids is 1. The molecule has 1 aromatic carbocycles. The number of ether oxygens (including phenoxy) is 1. The standard InChI is InChI=1S/C22H28O4/c1-2-3-4-5-6-10-13-20(23)26-22(21(24)25)16-14-19(15-17-22)18-11-8-7-9-12-18/h7-9,11-12,14-17,19H,2-6,10,13H2,1H3,(H,24,25). The van der Waals surface area contributed by atoms with Crippen LogP contribution in [0.25, 0.3) is 0 Å². The van der Waals surface area contributed by atoms with Crippen LogP contribution in [-0.2, 0) is 14.3 Å². The van der Waals surface area contributed by atoms with Gasteiger partial charge in [-0.3, -0.25) is 4.79 Å². The lowest BCUT2D eigenvalue weighted by Gasteiger charge is -2.27. The Morgan fingerprint density at radius 3 is 2.23 bits per heavy atom. The van der Waals surface area contributed by atoms with Crippen LogP contribution in [0.4, 0.5) is 0 Å². The van der Waals surface area contributed by atoms with Gasteiger partial charge in [-0.05, 0) is 24.1 Å². The Bertz CT molecular complexity index is 631. The Labute approximate surface area is 155 Å². The minimum Gasteiger partial charge on any atom is -0.478 e. The van der Waals surface area contributed by atoms with E-state index in [1.165, 1.54) is 31.4 Å². The van der Waals surface area contributed by atoms with Gasteiger partial charge in [0, 0.05) is 12.3 Å². The Kier molecular flexibility index (Phi) is 7.64. The highest BCUT2D eigenvalue weighted by molar-refractivity contribution is 5.87. The highest BCUT2D eigenvalue weighted by Crippen LogP contribution is 2.29. The van der Waals surface area contributed by atoms with Crippen LogP contribution in [0.15, 0.2) is 54.6 Å². The van der Waals surface area contributed by atoms with Crippen molar-refractivity contribution in [2.75, 3.05) is 0 Å². The van der Waals surface area contributed by atoms with Gasteiger partial charge >= 0.3 is 11.9 Å². The Hall–Kier alpha value is -2.36. The van der Waals surface area contributed by atoms with E-state index in [2.05, 4.69) is 6.92 Å². The highest BCUT2D eigenvalue weighted by Gasteiger charge is 2.39. The number of esters is 1. The van der Waals surface area contributed by atoms with Crippen LogP contribution in [0.5, 0.6) is 0 Å². The zero-order valence-electron chi connectivity index (χ0n) is 15.4. The monoisotopic (exact) mass is 356 g/mol. The maximum Gasteiger partial charge on any atom is 0.356 e. The zero-order valence-corrected chi connectivity index (χ0v) is 15.4. The molecule has 0 aliphatic heterocycles. The van der Waals surface area contributed by atoms with E-state index in [1.54, 1.807) is 12.2 Å². The molecule has 0 fully saturated rings. The number of benzene rings is 1. The second-order valence-electron chi connectivity index (χ2n) is 6.74. The fraction of sp³-hybridized carbons (Fsp3) is 0.455. The van der Waals surface area contributed by atoms with Gasteiger partial charge in [0.25, 0.3) is 0 Å². The highest BCUT2D eigenvalue weighted by atomic mass is 16.6. The first-order valence-corrected chi connectivity index (χ1v) is 9.46. The molecular weight excluding hydrogens is 328 g/mol. The van der Waals surface area contributed by atoms with Crippen molar-refractivity contribution in [3.63, 3.8) is 0 Å². The third-order valence-corrected chi connectivity index (χ3v) is 4.64. The number of unbranched alkanes of at least 4 members (excludes halogenated alkanes) is 5. The second kappa shape index (κ2) is 9.95. The number of carboxylic acid groups (broad SMARTS) is 1. The fourth-order valence-electron chi connectivity index (χ4n) is 3.05. The van der Waals surface area contributed by atoms with Crippen LogP contribution < -0.4 is 0 Å². The van der Waals surface area contributed by atoms with Crippen molar-refractivity contribution in [1.82, 2.24) is 0 Å². The summed E-state index contributed by atoms with van der Waals surface area (Å²) in [7, 11) is 0. The SMILES string of the molecule is CCCCCCCCC(=O)OC1(C(=O)O)C=CC(c2ccccc2)C=C1. The molecule has 0 atom stereocenters. The molecule has 4 heteroatoms. The van der Waals surface area contributed by atoms with Crippen molar-refractivity contribution in [3.8, 4) is 0 Å². The molecule has 1 aliphatic carbocycles. The average Bonchev–Trinajstić information content (AvgIpc) is 2.65. The largest absolute Gasteiger partial charge is 0.478 e. The number of hydrogen-bond acceptors (Lipinski definition) is 3. The van der Waals surface area contributed by atoms with Crippen LogP contribution in [-0.4, -0.2) is 22.6 Å². The zero-order chi connectivity index (χ0) is 18.8. The van der Waals surface area contributed by atoms with Gasteiger partial charge < -0.3 is 9.84 Å². The molecule has 0 bridgehead atoms. The van der Waals surface area contributed by atoms with Gasteiger partial charge in [-0.2, -0.15) is 0 Å². The van der Waals surface area contributed by atoms with E-state index in [-0.39, 0.29) is 12.3 Å². The van der Waals surface area contributed by atoms with Crippen molar-refractivity contribution < 1.29 is 19.4 Å². The lowest BCUT2D eigenvalue weighted by Crippen LogP contribution is -2.40. The summed E-state index contributed by atoms with van der Waals surface area (Å²) in [6.07, 6.45) is 13.2. The number of carbonyl (C=O) groups is 2. The fourth-order valence-corrected chi connectivity index (χ4v) is 3.05. The summed E-state index contributed by atoms with van der Waals surface area (Å²) in [6, 6.07) is 9.79. The first kappa shape index (κ1) is 20.0. The Morgan fingerprint density at radius 1 is 1.00 bits per heavy atom. The third kappa shape index (κ3) is 5.58. The van der Waals surface area contributed by atoms with E-state index in [0.29, 0.717) is 0 Å². The number of aliphatic carboxylic acids is 1. The molecule has 0 saturated heterocycles. The Morgan fingerprint density at radius 2 is 1.62 bits per heavy atom. The van der Waals surface area contributed by atoms with E-state index in [9.17, 15) is 14.7 Å². The summed E-state index contributed by atoms with van der Waals surface area (Å²) >= 11 is 0. The molecule has 1 aliphatic rings. The molecule has 26 heavy (non-hydrogen) atoms. The summed E-state index contributed by atoms with van der Waals surface area (Å²) in [5.41, 5.74) is -0.623. The van der Waals surface area contributed by atoms with Gasteiger partial charge in [0.15, 0.2) is 0 Å². The van der Waals surface area contributed by atoms with Crippen LogP contribution in [0.1, 0.15) is 63.4 Å². The average molecular weight is 356 g/mol. The van der Waals surface area contributed by atoms with Crippen molar-refractivity contribution >= 4 is 11.9 Å². The lowest BCUT2D eigenvalue weighted by molar-refractivity contribution is -0.168. The molecule has 0 unspecified atom stereocenters. The van der Waals surface area contributed by atoms with Crippen LogP contribution in [0.2, 0.25) is 0 Å². The van der Waals surface area contributed by atoms with Crippen LogP contribution >= 0.6 is 0 Å². The quantitative estimate of drug-likeness (QED) is 0.363. The van der Waals surface area contributed by atoms with Crippen molar-refractivity contribution in [1.29, 1.82) is 0 Å². The minimum absolute atomic E-state index is 0.0130. The lowest BCUT2D eigenvalue weighted by atomic mass is 9.88. The van der Waals surface area contributed by atoms with Gasteiger partial charge in [0.2, 0.25) is 5.60 Å². The third-order valence-electron chi connectivity index (χ3n) is 4.64. The van der Waals surface area contributed by atoms with E-state index < -0.39 is 17.5 Å². The molecule has 0 aromatic heterocycles. The molecule has 0 heterocycles. The smallest absolute Gasteiger partial charge is 0.356 e. The maximum absolute atomic E-state index is 12.1. The maximum atomic E-state index is 12.1. The molecular formula is C22H28O4. The summed E-state index contributed by atoms with van der Waals surface area (Å²) < 4.78 is 5.34. The second-order valence-corrected chi connectivity index (χ2v) is 6.74. The van der Waals surface area contributed by atoms with E-state index in [1.807, 2.05) is 30.3 Å². The predicted octanol–water partition coefficient (Wildman–Crippen LogP) is 5.01. The molecule has 1 aromatic rings. The first-order valence-electron chi connectivity index (χ1n) is 9.46. The van der Waals surface area contributed by atoms with Gasteiger partial charge in [0.1, 0.15) is 0 Å². The molecule has 4 nitrogen and oxygen atoms in total. The Balaban J connectivity index is 1.90. The normalized spacial score (nSPS) is 21.5. The molecule has 140 valence electrons. The summed E-state index contributed by atoms with van der Waals surface area (Å²) in [5, 5.41) is 9.58. The van der Waals surface area contributed by atoms with E-state index in [4.69, 9.17) is 4.74 Å². The van der Waals surface area contributed by atoms with Crippen LogP contribution in [0.3, 0.4) is 0 Å². The van der Waals surface area contributed by atoms with Gasteiger partial charge in [0.05, 0.1) is 0 Å². The molecule has 1 N–H and O–H groups in total. The molecule has 0 spiro atoms. The van der Waals surface area contributed by atoms with Gasteiger partial charge in [-0.15, -0.1) is 0 Å².